The van der Waals surface area contributed by atoms with E-state index in [1.54, 1.807) is 30.3 Å². The van der Waals surface area contributed by atoms with Crippen molar-refractivity contribution >= 4 is 27.5 Å². The first kappa shape index (κ1) is 17.1. The third-order valence-corrected chi connectivity index (χ3v) is 3.68. The molecule has 3 rings (SSSR count). The minimum Gasteiger partial charge on any atom is -0.490 e. The standard InChI is InChI=1S/C19H16BrNO4/c20-18-10-9-17(25-18)19(22)21-14-5-4-8-16(13-14)24-12-11-23-15-6-2-1-3-7-15/h1-10,13H,11-12H2,(H,21,22). The molecule has 0 saturated heterocycles. The van der Waals surface area contributed by atoms with E-state index in [4.69, 9.17) is 13.9 Å². The van der Waals surface area contributed by atoms with Crippen LogP contribution in [0.1, 0.15) is 10.6 Å². The Hall–Kier alpha value is -2.73. The van der Waals surface area contributed by atoms with Gasteiger partial charge in [0.25, 0.3) is 5.91 Å². The second-order valence-electron chi connectivity index (χ2n) is 5.10. The van der Waals surface area contributed by atoms with Crippen molar-refractivity contribution in [3.63, 3.8) is 0 Å². The van der Waals surface area contributed by atoms with E-state index in [0.29, 0.717) is 29.3 Å². The molecule has 0 aliphatic rings. The number of ether oxygens (including phenoxy) is 2. The zero-order valence-electron chi connectivity index (χ0n) is 13.3. The van der Waals surface area contributed by atoms with E-state index in [0.717, 1.165) is 5.75 Å². The SMILES string of the molecule is O=C(Nc1cccc(OCCOc2ccccc2)c1)c1ccc(Br)o1. The van der Waals surface area contributed by atoms with Gasteiger partial charge in [0.05, 0.1) is 0 Å². The molecule has 0 aliphatic carbocycles. The molecule has 0 atom stereocenters. The molecular formula is C19H16BrNO4. The Balaban J connectivity index is 1.50. The maximum Gasteiger partial charge on any atom is 0.291 e. The fourth-order valence-corrected chi connectivity index (χ4v) is 2.43. The lowest BCUT2D eigenvalue weighted by atomic mass is 10.3. The van der Waals surface area contributed by atoms with Gasteiger partial charge >= 0.3 is 0 Å². The van der Waals surface area contributed by atoms with Gasteiger partial charge in [-0.15, -0.1) is 0 Å². The summed E-state index contributed by atoms with van der Waals surface area (Å²) in [6.07, 6.45) is 0. The van der Waals surface area contributed by atoms with Crippen molar-refractivity contribution in [1.82, 2.24) is 0 Å². The zero-order valence-corrected chi connectivity index (χ0v) is 14.9. The molecule has 1 amide bonds. The molecule has 1 aromatic heterocycles. The highest BCUT2D eigenvalue weighted by molar-refractivity contribution is 9.10. The van der Waals surface area contributed by atoms with Gasteiger partial charge in [0.2, 0.25) is 0 Å². The van der Waals surface area contributed by atoms with Gasteiger partial charge in [-0.05, 0) is 52.3 Å². The van der Waals surface area contributed by atoms with Crippen LogP contribution in [0.4, 0.5) is 5.69 Å². The van der Waals surface area contributed by atoms with Gasteiger partial charge in [0.1, 0.15) is 24.7 Å². The summed E-state index contributed by atoms with van der Waals surface area (Å²) in [7, 11) is 0. The van der Waals surface area contributed by atoms with Crippen molar-refractivity contribution in [3.8, 4) is 11.5 Å². The fraction of sp³-hybridized carbons (Fsp3) is 0.105. The first-order valence-corrected chi connectivity index (χ1v) is 8.47. The Morgan fingerprint density at radius 3 is 2.36 bits per heavy atom. The Kier molecular flexibility index (Phi) is 5.74. The Morgan fingerprint density at radius 1 is 0.920 bits per heavy atom. The third-order valence-electron chi connectivity index (χ3n) is 3.25. The summed E-state index contributed by atoms with van der Waals surface area (Å²) in [6.45, 7) is 0.832. The fourth-order valence-electron chi connectivity index (χ4n) is 2.13. The van der Waals surface area contributed by atoms with E-state index < -0.39 is 0 Å². The van der Waals surface area contributed by atoms with E-state index in [1.807, 2.05) is 36.4 Å². The molecule has 0 fully saturated rings. The maximum atomic E-state index is 12.1. The molecule has 0 spiro atoms. The van der Waals surface area contributed by atoms with Crippen LogP contribution in [0.15, 0.2) is 75.8 Å². The number of para-hydroxylation sites is 1. The average molecular weight is 402 g/mol. The van der Waals surface area contributed by atoms with Crippen LogP contribution in [0.3, 0.4) is 0 Å². The predicted molar refractivity (Wildman–Crippen MR) is 98.2 cm³/mol. The smallest absolute Gasteiger partial charge is 0.291 e. The van der Waals surface area contributed by atoms with Gasteiger partial charge in [-0.2, -0.15) is 0 Å². The molecule has 0 radical (unpaired) electrons. The van der Waals surface area contributed by atoms with E-state index in [1.165, 1.54) is 0 Å². The average Bonchev–Trinajstić information content (AvgIpc) is 3.07. The molecule has 128 valence electrons. The Morgan fingerprint density at radius 2 is 1.64 bits per heavy atom. The number of carbonyl (C=O) groups excluding carboxylic acids is 1. The van der Waals surface area contributed by atoms with Crippen LogP contribution >= 0.6 is 15.9 Å². The van der Waals surface area contributed by atoms with Crippen LogP contribution in [0.25, 0.3) is 0 Å². The number of furan rings is 1. The largest absolute Gasteiger partial charge is 0.490 e. The van der Waals surface area contributed by atoms with Crippen LogP contribution in [0, 0.1) is 0 Å². The molecule has 0 saturated carbocycles. The lowest BCUT2D eigenvalue weighted by molar-refractivity contribution is 0.0995. The lowest BCUT2D eigenvalue weighted by Crippen LogP contribution is -2.11. The van der Waals surface area contributed by atoms with Crippen LogP contribution < -0.4 is 14.8 Å². The number of benzene rings is 2. The molecule has 1 N–H and O–H groups in total. The van der Waals surface area contributed by atoms with Crippen molar-refractivity contribution in [2.24, 2.45) is 0 Å². The van der Waals surface area contributed by atoms with Crippen molar-refractivity contribution < 1.29 is 18.7 Å². The van der Waals surface area contributed by atoms with Gasteiger partial charge in [-0.3, -0.25) is 4.79 Å². The molecule has 6 heteroatoms. The van der Waals surface area contributed by atoms with Gasteiger partial charge in [-0.1, -0.05) is 24.3 Å². The summed E-state index contributed by atoms with van der Waals surface area (Å²) in [5, 5.41) is 2.76. The highest BCUT2D eigenvalue weighted by atomic mass is 79.9. The lowest BCUT2D eigenvalue weighted by Gasteiger charge is -2.10. The van der Waals surface area contributed by atoms with E-state index in [-0.39, 0.29) is 11.7 Å². The highest BCUT2D eigenvalue weighted by Crippen LogP contribution is 2.20. The summed E-state index contributed by atoms with van der Waals surface area (Å²) < 4.78 is 17.0. The number of carbonyl (C=O) groups is 1. The second kappa shape index (κ2) is 8.39. The van der Waals surface area contributed by atoms with Crippen LogP contribution in [-0.4, -0.2) is 19.1 Å². The molecule has 1 heterocycles. The summed E-state index contributed by atoms with van der Waals surface area (Å²) in [4.78, 5) is 12.1. The number of rotatable bonds is 7. The molecule has 5 nitrogen and oxygen atoms in total. The van der Waals surface area contributed by atoms with Gasteiger partial charge < -0.3 is 19.2 Å². The molecule has 0 bridgehead atoms. The number of anilines is 1. The molecule has 0 unspecified atom stereocenters. The Bertz CT molecular complexity index is 832. The number of amides is 1. The summed E-state index contributed by atoms with van der Waals surface area (Å²) in [5.74, 6) is 1.36. The first-order valence-electron chi connectivity index (χ1n) is 7.68. The summed E-state index contributed by atoms with van der Waals surface area (Å²) in [5.41, 5.74) is 0.624. The van der Waals surface area contributed by atoms with E-state index >= 15 is 0 Å². The topological polar surface area (TPSA) is 60.7 Å². The normalized spacial score (nSPS) is 10.3. The number of hydrogen-bond donors (Lipinski definition) is 1. The number of nitrogens with one attached hydrogen (secondary N) is 1. The van der Waals surface area contributed by atoms with Crippen LogP contribution in [-0.2, 0) is 0 Å². The monoisotopic (exact) mass is 401 g/mol. The molecule has 0 aliphatic heterocycles. The maximum absolute atomic E-state index is 12.1. The number of halogens is 1. The van der Waals surface area contributed by atoms with Gasteiger partial charge in [0.15, 0.2) is 10.4 Å². The number of hydrogen-bond acceptors (Lipinski definition) is 4. The first-order chi connectivity index (χ1) is 12.2. The second-order valence-corrected chi connectivity index (χ2v) is 5.88. The van der Waals surface area contributed by atoms with E-state index in [2.05, 4.69) is 21.2 Å². The predicted octanol–water partition coefficient (Wildman–Crippen LogP) is 4.75. The highest BCUT2D eigenvalue weighted by Gasteiger charge is 2.10. The molecule has 2 aromatic carbocycles. The zero-order chi connectivity index (χ0) is 17.5. The molecule has 3 aromatic rings. The molecule has 25 heavy (non-hydrogen) atoms. The van der Waals surface area contributed by atoms with Gasteiger partial charge in [0, 0.05) is 11.8 Å². The van der Waals surface area contributed by atoms with Crippen LogP contribution in [0.5, 0.6) is 11.5 Å². The minimum atomic E-state index is -0.324. The van der Waals surface area contributed by atoms with Crippen molar-refractivity contribution in [2.45, 2.75) is 0 Å². The summed E-state index contributed by atoms with van der Waals surface area (Å²) in [6, 6.07) is 20.0. The summed E-state index contributed by atoms with van der Waals surface area (Å²) >= 11 is 3.17. The third kappa shape index (κ3) is 5.12. The minimum absolute atomic E-state index is 0.231. The quantitative estimate of drug-likeness (QED) is 0.580. The Labute approximate surface area is 153 Å². The molecular weight excluding hydrogens is 386 g/mol. The van der Waals surface area contributed by atoms with Crippen molar-refractivity contribution in [3.05, 3.63) is 77.2 Å². The van der Waals surface area contributed by atoms with E-state index in [9.17, 15) is 4.79 Å². The van der Waals surface area contributed by atoms with Crippen molar-refractivity contribution in [1.29, 1.82) is 0 Å². The van der Waals surface area contributed by atoms with Crippen molar-refractivity contribution in [2.75, 3.05) is 18.5 Å². The van der Waals surface area contributed by atoms with Crippen LogP contribution in [0.2, 0.25) is 0 Å². The van der Waals surface area contributed by atoms with Gasteiger partial charge in [-0.25, -0.2) is 0 Å².